The maximum absolute atomic E-state index is 12.3. The zero-order valence-corrected chi connectivity index (χ0v) is 21.6. The van der Waals surface area contributed by atoms with Crippen LogP contribution in [0.5, 0.6) is 0 Å². The van der Waals surface area contributed by atoms with Gasteiger partial charge in [0.2, 0.25) is 0 Å². The SMILES string of the molecule is C.CCCCC(CC)COC(=O)CC(SOO[O-])C(=O)OCC(CC)CCCC.[Na+]. The van der Waals surface area contributed by atoms with Crippen LogP contribution >= 0.6 is 12.0 Å². The first-order valence-electron chi connectivity index (χ1n) is 10.5. The van der Waals surface area contributed by atoms with Crippen LogP contribution in [0.15, 0.2) is 0 Å². The number of ether oxygens (including phenoxy) is 2. The fourth-order valence-corrected chi connectivity index (χ4v) is 3.21. The number of rotatable bonds is 18. The van der Waals surface area contributed by atoms with Crippen LogP contribution in [0.1, 0.15) is 92.9 Å². The Bertz CT molecular complexity index is 413. The predicted octanol–water partition coefficient (Wildman–Crippen LogP) is 1.78. The van der Waals surface area contributed by atoms with Gasteiger partial charge in [-0.2, -0.15) is 4.33 Å². The first kappa shape index (κ1) is 34.8. The molecule has 0 aromatic carbocycles. The van der Waals surface area contributed by atoms with Gasteiger partial charge in [-0.25, -0.2) is 0 Å². The van der Waals surface area contributed by atoms with E-state index in [9.17, 15) is 14.8 Å². The summed E-state index contributed by atoms with van der Waals surface area (Å²) in [4.78, 5) is 24.5. The van der Waals surface area contributed by atoms with Gasteiger partial charge in [-0.15, -0.1) is 0 Å². The molecule has 7 nitrogen and oxygen atoms in total. The summed E-state index contributed by atoms with van der Waals surface area (Å²) in [6.45, 7) is 8.96. The molecule has 0 aliphatic carbocycles. The Balaban J connectivity index is -0.00000364. The van der Waals surface area contributed by atoms with E-state index in [1.54, 1.807) is 0 Å². The summed E-state index contributed by atoms with van der Waals surface area (Å²) >= 11 is 0.479. The Hall–Kier alpha value is 0.170. The van der Waals surface area contributed by atoms with Crippen molar-refractivity contribution >= 4 is 24.0 Å². The van der Waals surface area contributed by atoms with Gasteiger partial charge in [0.1, 0.15) is 5.25 Å². The summed E-state index contributed by atoms with van der Waals surface area (Å²) in [5.74, 6) is -0.530. The van der Waals surface area contributed by atoms with Gasteiger partial charge in [-0.05, 0) is 24.7 Å². The first-order chi connectivity index (χ1) is 13.5. The van der Waals surface area contributed by atoms with Gasteiger partial charge >= 0.3 is 41.5 Å². The van der Waals surface area contributed by atoms with Crippen molar-refractivity contribution in [3.63, 3.8) is 0 Å². The molecule has 0 spiro atoms. The summed E-state index contributed by atoms with van der Waals surface area (Å²) < 4.78 is 14.9. The number of hydrogen-bond donors (Lipinski definition) is 0. The Morgan fingerprint density at radius 1 is 0.900 bits per heavy atom. The van der Waals surface area contributed by atoms with E-state index in [0.29, 0.717) is 24.6 Å². The minimum Gasteiger partial charge on any atom is -0.691 e. The van der Waals surface area contributed by atoms with Crippen molar-refractivity contribution in [3.8, 4) is 0 Å². The van der Waals surface area contributed by atoms with E-state index >= 15 is 0 Å². The van der Waals surface area contributed by atoms with Gasteiger partial charge in [-0.1, -0.05) is 73.6 Å². The third kappa shape index (κ3) is 17.8. The average molecular weight is 461 g/mol. The zero-order valence-electron chi connectivity index (χ0n) is 18.8. The molecule has 0 bridgehead atoms. The topological polar surface area (TPSA) is 94.1 Å². The molecular formula is C21H41NaO7S. The van der Waals surface area contributed by atoms with Crippen LogP contribution in [-0.4, -0.2) is 30.4 Å². The molecule has 0 aromatic rings. The van der Waals surface area contributed by atoms with Gasteiger partial charge in [0, 0.05) is 12.0 Å². The van der Waals surface area contributed by atoms with Crippen LogP contribution in [0.25, 0.3) is 0 Å². The minimum absolute atomic E-state index is 0. The molecule has 0 aliphatic heterocycles. The molecule has 0 N–H and O–H groups in total. The van der Waals surface area contributed by atoms with Gasteiger partial charge in [-0.3, -0.25) is 14.6 Å². The van der Waals surface area contributed by atoms with Gasteiger partial charge in [0.15, 0.2) is 0 Å². The summed E-state index contributed by atoms with van der Waals surface area (Å²) in [6, 6.07) is 0. The molecule has 0 fully saturated rings. The third-order valence-electron chi connectivity index (χ3n) is 4.83. The van der Waals surface area contributed by atoms with Crippen molar-refractivity contribution < 1.29 is 63.2 Å². The minimum atomic E-state index is -0.999. The normalized spacial score (nSPS) is 13.4. The number of carbonyl (C=O) groups is 2. The van der Waals surface area contributed by atoms with Crippen molar-refractivity contribution in [1.82, 2.24) is 0 Å². The Morgan fingerprint density at radius 2 is 1.40 bits per heavy atom. The molecular weight excluding hydrogens is 419 g/mol. The summed E-state index contributed by atoms with van der Waals surface area (Å²) in [6.07, 6.45) is 7.93. The molecule has 0 radical (unpaired) electrons. The van der Waals surface area contributed by atoms with Crippen LogP contribution < -0.4 is 34.8 Å². The van der Waals surface area contributed by atoms with Crippen LogP contribution in [0.4, 0.5) is 0 Å². The maximum Gasteiger partial charge on any atom is 1.00 e. The second-order valence-corrected chi connectivity index (χ2v) is 7.97. The molecule has 0 aromatic heterocycles. The maximum atomic E-state index is 12.3. The number of carbonyl (C=O) groups excluding carboxylic acids is 2. The molecule has 0 amide bonds. The molecule has 30 heavy (non-hydrogen) atoms. The van der Waals surface area contributed by atoms with Crippen molar-refractivity contribution in [2.24, 2.45) is 11.8 Å². The van der Waals surface area contributed by atoms with E-state index in [-0.39, 0.29) is 55.9 Å². The largest absolute Gasteiger partial charge is 1.00 e. The molecule has 0 saturated heterocycles. The van der Waals surface area contributed by atoms with Crippen molar-refractivity contribution in [1.29, 1.82) is 0 Å². The third-order valence-corrected chi connectivity index (χ3v) is 5.55. The van der Waals surface area contributed by atoms with E-state index in [4.69, 9.17) is 9.47 Å². The smallest absolute Gasteiger partial charge is 0.691 e. The summed E-state index contributed by atoms with van der Waals surface area (Å²) in [5, 5.41) is 12.4. The standard InChI is InChI=1S/C20H38O7S.CH4.Na/c1-5-9-11-16(7-3)14-24-19(21)13-18(28-27-26-23)20(22)25-15-17(8-4)12-10-6-2;;/h16-18,23H,5-15H2,1-4H3;1H4;/q;;+1/p-1. The fourth-order valence-electron chi connectivity index (χ4n) is 2.73. The van der Waals surface area contributed by atoms with Crippen molar-refractivity contribution in [2.45, 2.75) is 98.2 Å². The van der Waals surface area contributed by atoms with Crippen LogP contribution in [0.3, 0.4) is 0 Å². The second kappa shape index (κ2) is 23.8. The van der Waals surface area contributed by atoms with E-state index in [0.717, 1.165) is 51.4 Å². The molecule has 0 rings (SSSR count). The van der Waals surface area contributed by atoms with Gasteiger partial charge in [0.05, 0.1) is 19.6 Å². The number of esters is 2. The Morgan fingerprint density at radius 3 is 1.83 bits per heavy atom. The van der Waals surface area contributed by atoms with Crippen molar-refractivity contribution in [2.75, 3.05) is 13.2 Å². The molecule has 3 unspecified atom stereocenters. The Kier molecular flexibility index (Phi) is 27.6. The Labute approximate surface area is 209 Å². The van der Waals surface area contributed by atoms with E-state index in [2.05, 4.69) is 37.1 Å². The zero-order chi connectivity index (χ0) is 21.2. The average Bonchev–Trinajstić information content (AvgIpc) is 2.71. The second-order valence-electron chi connectivity index (χ2n) is 7.07. The molecule has 0 heterocycles. The first-order valence-corrected chi connectivity index (χ1v) is 11.3. The van der Waals surface area contributed by atoms with Gasteiger partial charge < -0.3 is 14.7 Å². The quantitative estimate of drug-likeness (QED) is 0.100. The summed E-state index contributed by atoms with van der Waals surface area (Å²) in [7, 11) is 0. The summed E-state index contributed by atoms with van der Waals surface area (Å²) in [5.41, 5.74) is 0. The molecule has 174 valence electrons. The number of hydrogen-bond acceptors (Lipinski definition) is 8. The van der Waals surface area contributed by atoms with Crippen LogP contribution in [0.2, 0.25) is 0 Å². The predicted molar refractivity (Wildman–Crippen MR) is 113 cm³/mol. The molecule has 0 aliphatic rings. The van der Waals surface area contributed by atoms with E-state index < -0.39 is 17.2 Å². The van der Waals surface area contributed by atoms with Crippen LogP contribution in [-0.2, 0) is 28.4 Å². The fraction of sp³-hybridized carbons (Fsp3) is 0.905. The van der Waals surface area contributed by atoms with Crippen LogP contribution in [0, 0.1) is 11.8 Å². The monoisotopic (exact) mass is 460 g/mol. The van der Waals surface area contributed by atoms with E-state index in [1.807, 2.05) is 0 Å². The van der Waals surface area contributed by atoms with E-state index in [1.165, 1.54) is 0 Å². The molecule has 9 heteroatoms. The molecule has 0 saturated carbocycles. The van der Waals surface area contributed by atoms with Crippen molar-refractivity contribution in [3.05, 3.63) is 0 Å². The molecule has 3 atom stereocenters. The van der Waals surface area contributed by atoms with Gasteiger partial charge in [0.25, 0.3) is 0 Å². The number of unbranched alkanes of at least 4 members (excludes halogenated alkanes) is 2.